The van der Waals surface area contributed by atoms with E-state index in [1.807, 2.05) is 157 Å². The van der Waals surface area contributed by atoms with Gasteiger partial charge < -0.3 is 63.3 Å². The molecule has 13 aromatic rings. The first-order valence-corrected chi connectivity index (χ1v) is 46.7. The zero-order valence-electron chi connectivity index (χ0n) is 74.7. The summed E-state index contributed by atoms with van der Waals surface area (Å²) in [6.07, 6.45) is 2.05. The Kier molecular flexibility index (Phi) is 31.5. The van der Waals surface area contributed by atoms with Crippen molar-refractivity contribution in [2.24, 2.45) is 5.92 Å². The van der Waals surface area contributed by atoms with Gasteiger partial charge in [0.1, 0.15) is 36.2 Å². The molecular weight excluding hydrogens is 1820 g/mol. The maximum atomic E-state index is 13.4. The van der Waals surface area contributed by atoms with Crippen LogP contribution in [0.4, 0.5) is 35.3 Å². The molecule has 0 spiro atoms. The predicted molar refractivity (Wildman–Crippen MR) is 521 cm³/mol. The number of nitrogens with one attached hydrogen (secondary N) is 6. The molecule has 9 aromatic carbocycles. The average molecular weight is 1920 g/mol. The molecule has 4 aromatic heterocycles. The number of amides is 7. The van der Waals surface area contributed by atoms with Crippen molar-refractivity contribution < 1.29 is 66.7 Å². The van der Waals surface area contributed by atoms with E-state index in [-0.39, 0.29) is 42.7 Å². The molecule has 5 aliphatic heterocycles. The van der Waals surface area contributed by atoms with Gasteiger partial charge in [0.2, 0.25) is 5.91 Å². The second kappa shape index (κ2) is 43.8. The Bertz CT molecular complexity index is 6340. The number of hydrogen-bond acceptors (Lipinski definition) is 15. The highest BCUT2D eigenvalue weighted by Gasteiger charge is 2.41. The van der Waals surface area contributed by atoms with Gasteiger partial charge in [-0.05, 0) is 249 Å². The second-order valence-corrected chi connectivity index (χ2v) is 35.8. The molecule has 32 heteroatoms. The van der Waals surface area contributed by atoms with Crippen LogP contribution in [0.1, 0.15) is 144 Å². The molecule has 0 aliphatic carbocycles. The van der Waals surface area contributed by atoms with Gasteiger partial charge in [-0.25, -0.2) is 24.0 Å². The topological polar surface area (TPSA) is 291 Å². The van der Waals surface area contributed by atoms with Gasteiger partial charge >= 0.3 is 30.5 Å². The van der Waals surface area contributed by atoms with E-state index in [1.54, 1.807) is 89.4 Å². The van der Waals surface area contributed by atoms with Crippen molar-refractivity contribution in [2.75, 3.05) is 117 Å². The Labute approximate surface area is 800 Å². The molecule has 6 N–H and O–H groups in total. The summed E-state index contributed by atoms with van der Waals surface area (Å²) in [5.41, 5.74) is 17.1. The Hall–Kier alpha value is -12.0. The molecule has 4 unspecified atom stereocenters. The summed E-state index contributed by atoms with van der Waals surface area (Å²) in [6.45, 7) is 17.8. The molecule has 0 bridgehead atoms. The number of benzene rings is 9. The maximum absolute atomic E-state index is 13.4. The van der Waals surface area contributed by atoms with Crippen molar-refractivity contribution in [3.63, 3.8) is 0 Å². The minimum absolute atomic E-state index is 0.0315. The van der Waals surface area contributed by atoms with Crippen molar-refractivity contribution >= 4 is 167 Å². The van der Waals surface area contributed by atoms with Crippen LogP contribution in [0.5, 0.6) is 11.5 Å². The van der Waals surface area contributed by atoms with Crippen molar-refractivity contribution in [3.8, 4) is 11.5 Å². The molecule has 7 amide bonds. The van der Waals surface area contributed by atoms with E-state index in [4.69, 9.17) is 103 Å². The molecule has 1 fully saturated rings. The fourth-order valence-electron chi connectivity index (χ4n) is 17.9. The average Bonchev–Trinajstić information content (AvgIpc) is 1.61. The number of H-pyrrole nitrogens is 4. The van der Waals surface area contributed by atoms with Crippen LogP contribution in [0.3, 0.4) is 0 Å². The van der Waals surface area contributed by atoms with Crippen molar-refractivity contribution in [1.29, 1.82) is 0 Å². The van der Waals surface area contributed by atoms with Crippen LogP contribution in [0.25, 0.3) is 43.6 Å². The standard InChI is InChI=1S/C28H25Cl2N3O5.C28H33ClN4O4.C27H23Cl2N3O3.C18H23ClN2O2/c1-36-14-15-37-27(34)31-20-7-2-17(3-8-20)26-25-22(23-16-19(30)6-11-24(23)32-25)12-13-33(26)28(35)38-21-9-4-18(29)5-10-21;1-3-37-28(35)33-11-10-22-23-18-21(29)8-9-24(23)30-25(22)26(33)19-4-6-20(7-5-19)27(34)32-14-12-31(13-15-32)16-17-36-2;1-2-24(33)30-19-8-3-16(4-9-19)26-25-21(22-15-18(29)7-12-23(22)31-25)13-14-32(26)27(34)35-20-10-5-17(28)6-11-20;1-4-23-18(22)21-8-7-13-14-10-12(19)5-6-15(14)20-17(13)16(21)9-11(2)3/h2-11,16,26,32H,12-15H2,1H3,(H,31,34);4-9,18,26,30H,3,10-17H2,1-2H3;3-12,15,26,31H,2,13-14H2,1H3,(H,30,33);5-6,10-11,16,20H,4,7-9H2,1-3H3. The number of halogens is 6. The van der Waals surface area contributed by atoms with Gasteiger partial charge in [0.15, 0.2) is 0 Å². The monoisotopic (exact) mass is 1920 g/mol. The Balaban J connectivity index is 0.000000137. The van der Waals surface area contributed by atoms with E-state index in [0.717, 1.165) is 132 Å². The molecular formula is C101H104Cl6N12O14. The summed E-state index contributed by atoms with van der Waals surface area (Å²) in [7, 11) is 3.24. The highest BCUT2D eigenvalue weighted by atomic mass is 35.5. The van der Waals surface area contributed by atoms with Crippen molar-refractivity contribution in [1.82, 2.24) is 49.3 Å². The van der Waals surface area contributed by atoms with Crippen LogP contribution < -0.4 is 20.1 Å². The van der Waals surface area contributed by atoms with Gasteiger partial charge in [-0.2, -0.15) is 0 Å². The van der Waals surface area contributed by atoms with E-state index in [1.165, 1.54) is 18.1 Å². The molecule has 1 saturated heterocycles. The summed E-state index contributed by atoms with van der Waals surface area (Å²) in [6, 6.07) is 57.8. The molecule has 5 aliphatic rings. The first kappa shape index (κ1) is 95.7. The van der Waals surface area contributed by atoms with Crippen molar-refractivity contribution in [3.05, 3.63) is 292 Å². The fraction of sp³-hybridized carbons (Fsp3) is 0.317. The lowest BCUT2D eigenvalue weighted by Gasteiger charge is -2.36. The zero-order valence-corrected chi connectivity index (χ0v) is 79.2. The minimum atomic E-state index is -0.574. The number of ether oxygens (including phenoxy) is 7. The van der Waals surface area contributed by atoms with Gasteiger partial charge in [0, 0.05) is 193 Å². The van der Waals surface area contributed by atoms with Crippen LogP contribution in [-0.2, 0) is 54.2 Å². The number of rotatable bonds is 19. The highest BCUT2D eigenvalue weighted by molar-refractivity contribution is 6.33. The van der Waals surface area contributed by atoms with E-state index < -0.39 is 30.4 Å². The van der Waals surface area contributed by atoms with Crippen LogP contribution in [-0.4, -0.2) is 198 Å². The number of aromatic nitrogens is 4. The number of hydrogen-bond donors (Lipinski definition) is 6. The fourth-order valence-corrected chi connectivity index (χ4v) is 18.8. The first-order valence-electron chi connectivity index (χ1n) is 44.4. The molecule has 9 heterocycles. The molecule has 18 rings (SSSR count). The third-order valence-corrected chi connectivity index (χ3v) is 25.7. The van der Waals surface area contributed by atoms with Crippen LogP contribution >= 0.6 is 69.6 Å². The van der Waals surface area contributed by atoms with E-state index in [2.05, 4.69) is 49.3 Å². The Morgan fingerprint density at radius 2 is 0.752 bits per heavy atom. The zero-order chi connectivity index (χ0) is 93.7. The second-order valence-electron chi connectivity index (χ2n) is 33.1. The summed E-state index contributed by atoms with van der Waals surface area (Å²) in [4.78, 5) is 114. The Morgan fingerprint density at radius 1 is 0.391 bits per heavy atom. The lowest BCUT2D eigenvalue weighted by Crippen LogP contribution is -2.49. The van der Waals surface area contributed by atoms with Gasteiger partial charge in [0.05, 0.1) is 32.5 Å². The van der Waals surface area contributed by atoms with E-state index in [0.29, 0.717) is 151 Å². The number of anilines is 2. The lowest BCUT2D eigenvalue weighted by atomic mass is 9.92. The number of carbonyl (C=O) groups excluding carboxylic acids is 7. The minimum Gasteiger partial charge on any atom is -0.450 e. The van der Waals surface area contributed by atoms with Gasteiger partial charge in [0.25, 0.3) is 5.91 Å². The summed E-state index contributed by atoms with van der Waals surface area (Å²) >= 11 is 37.0. The molecule has 0 radical (unpaired) electrons. The SMILES string of the molecule is CCC(=O)Nc1ccc(C2c3[nH]c4ccc(Cl)cc4c3CCN2C(=O)Oc2ccc(Cl)cc2)cc1.CCOC(=O)N1CCc2c([nH]c3ccc(Cl)cc23)C1CC(C)C.CCOC(=O)N1CCc2c([nH]c3ccc(Cl)cc23)C1c1ccc(C(=O)N2CCN(CCOC)CC2)cc1.COCCOC(=O)Nc1ccc(C2c3[nH]c4ccc(Cl)cc4c3CCN2C(=O)Oc2ccc(Cl)cc2)cc1. The van der Waals surface area contributed by atoms with Gasteiger partial charge in [-0.1, -0.05) is 127 Å². The quantitative estimate of drug-likeness (QED) is 0.0324. The summed E-state index contributed by atoms with van der Waals surface area (Å²) in [5, 5.41) is 13.7. The smallest absolute Gasteiger partial charge is 0.416 e. The van der Waals surface area contributed by atoms with Crippen molar-refractivity contribution in [2.45, 2.75) is 97.3 Å². The van der Waals surface area contributed by atoms with Crippen LogP contribution in [0.15, 0.2) is 194 Å². The number of piperazine rings is 1. The number of carbonyl (C=O) groups is 7. The highest BCUT2D eigenvalue weighted by Crippen LogP contribution is 2.46. The molecule has 0 saturated carbocycles. The third-order valence-electron chi connectivity index (χ3n) is 24.3. The van der Waals surface area contributed by atoms with Crippen LogP contribution in [0.2, 0.25) is 30.1 Å². The molecule has 4 atom stereocenters. The van der Waals surface area contributed by atoms with Crippen LogP contribution in [0, 0.1) is 5.92 Å². The molecule has 694 valence electrons. The molecule has 133 heavy (non-hydrogen) atoms. The number of aromatic amines is 4. The number of methoxy groups -OCH3 is 2. The summed E-state index contributed by atoms with van der Waals surface area (Å²) in [5.74, 6) is 1.28. The largest absolute Gasteiger partial charge is 0.450 e. The van der Waals surface area contributed by atoms with Gasteiger partial charge in [-0.3, -0.25) is 39.4 Å². The predicted octanol–water partition coefficient (Wildman–Crippen LogP) is 23.0. The maximum Gasteiger partial charge on any atom is 0.416 e. The number of fused-ring (bicyclic) bond motifs is 12. The van der Waals surface area contributed by atoms with E-state index in [9.17, 15) is 33.6 Å². The summed E-state index contributed by atoms with van der Waals surface area (Å²) < 4.78 is 37.2. The van der Waals surface area contributed by atoms with Gasteiger partial charge in [-0.15, -0.1) is 0 Å². The van der Waals surface area contributed by atoms with E-state index >= 15 is 0 Å². The Morgan fingerprint density at radius 3 is 1.14 bits per heavy atom. The third kappa shape index (κ3) is 22.4. The molecule has 26 nitrogen and oxygen atoms in total. The number of nitrogens with zero attached hydrogens (tertiary/aromatic N) is 6. The lowest BCUT2D eigenvalue weighted by molar-refractivity contribution is -0.115. The first-order chi connectivity index (χ1) is 64.3. The normalized spacial score (nSPS) is 16.3.